The molecular weight excluding hydrogens is 386 g/mol. The Labute approximate surface area is 168 Å². The number of hydrogen-bond donors (Lipinski definition) is 1. The quantitative estimate of drug-likeness (QED) is 0.402. The Bertz CT molecular complexity index is 562. The molecule has 0 saturated carbocycles. The monoisotopic (exact) mass is 421 g/mol. The molecule has 0 aliphatic carbocycles. The Morgan fingerprint density at radius 1 is 0.929 bits per heavy atom. The molecule has 1 aliphatic rings. The molecule has 1 aliphatic heterocycles. The van der Waals surface area contributed by atoms with Crippen LogP contribution >= 0.6 is 0 Å². The molecule has 1 fully saturated rings. The van der Waals surface area contributed by atoms with Crippen LogP contribution in [0.15, 0.2) is 0 Å². The number of rotatable bonds is 14. The second kappa shape index (κ2) is 13.9. The minimum Gasteiger partial charge on any atom is -0.382 e. The number of amides is 2. The molecule has 0 aromatic rings. The van der Waals surface area contributed by atoms with Crippen LogP contribution in [0.5, 0.6) is 0 Å². The van der Waals surface area contributed by atoms with Gasteiger partial charge < -0.3 is 19.7 Å². The summed E-state index contributed by atoms with van der Waals surface area (Å²) in [6.45, 7) is 7.62. The van der Waals surface area contributed by atoms with E-state index in [2.05, 4.69) is 5.32 Å². The molecular formula is C18H35N3O6S. The van der Waals surface area contributed by atoms with E-state index in [9.17, 15) is 18.0 Å². The molecule has 9 nitrogen and oxygen atoms in total. The SMILES string of the molecule is CCOCCCC(=O)NCCS(=O)(=O)N1CCN(C(=O)CCCOCC)CC1. The van der Waals surface area contributed by atoms with Gasteiger partial charge in [-0.2, -0.15) is 4.31 Å². The molecule has 0 atom stereocenters. The Hall–Kier alpha value is -1.23. The summed E-state index contributed by atoms with van der Waals surface area (Å²) in [6, 6.07) is 0. The van der Waals surface area contributed by atoms with Crippen LogP contribution in [0.1, 0.15) is 39.5 Å². The lowest BCUT2D eigenvalue weighted by atomic mass is 10.2. The van der Waals surface area contributed by atoms with Gasteiger partial charge in [0.05, 0.1) is 5.75 Å². The molecule has 0 unspecified atom stereocenters. The molecule has 1 heterocycles. The van der Waals surface area contributed by atoms with Crippen LogP contribution in [0.25, 0.3) is 0 Å². The van der Waals surface area contributed by atoms with E-state index >= 15 is 0 Å². The van der Waals surface area contributed by atoms with E-state index in [4.69, 9.17) is 9.47 Å². The molecule has 10 heteroatoms. The second-order valence-corrected chi connectivity index (χ2v) is 8.64. The molecule has 0 bridgehead atoms. The fraction of sp³-hybridized carbons (Fsp3) is 0.889. The first-order valence-electron chi connectivity index (χ1n) is 10.1. The summed E-state index contributed by atoms with van der Waals surface area (Å²) in [4.78, 5) is 25.5. The van der Waals surface area contributed by atoms with Crippen molar-refractivity contribution in [3.63, 3.8) is 0 Å². The van der Waals surface area contributed by atoms with Crippen molar-refractivity contribution in [1.29, 1.82) is 0 Å². The van der Waals surface area contributed by atoms with Gasteiger partial charge in [-0.3, -0.25) is 9.59 Å². The van der Waals surface area contributed by atoms with Crippen LogP contribution in [-0.4, -0.2) is 94.3 Å². The number of carbonyl (C=O) groups excluding carboxylic acids is 2. The molecule has 0 aromatic heterocycles. The average molecular weight is 422 g/mol. The number of ether oxygens (including phenoxy) is 2. The maximum atomic E-state index is 12.4. The average Bonchev–Trinajstić information content (AvgIpc) is 2.68. The molecule has 2 amide bonds. The number of sulfonamides is 1. The first-order valence-corrected chi connectivity index (χ1v) is 11.7. The van der Waals surface area contributed by atoms with Gasteiger partial charge in [0.1, 0.15) is 0 Å². The topological polar surface area (TPSA) is 105 Å². The zero-order chi connectivity index (χ0) is 20.8. The van der Waals surface area contributed by atoms with E-state index in [0.717, 1.165) is 0 Å². The number of nitrogens with zero attached hydrogens (tertiary/aromatic N) is 2. The Kier molecular flexibility index (Phi) is 12.3. The molecule has 0 aromatic carbocycles. The van der Waals surface area contributed by atoms with E-state index in [1.807, 2.05) is 13.8 Å². The van der Waals surface area contributed by atoms with Crippen molar-refractivity contribution in [2.75, 3.05) is 64.9 Å². The van der Waals surface area contributed by atoms with Gasteiger partial charge in [-0.15, -0.1) is 0 Å². The number of carbonyl (C=O) groups is 2. The normalized spacial score (nSPS) is 15.6. The Morgan fingerprint density at radius 2 is 1.50 bits per heavy atom. The van der Waals surface area contributed by atoms with Crippen LogP contribution in [0.2, 0.25) is 0 Å². The van der Waals surface area contributed by atoms with Crippen LogP contribution in [0.3, 0.4) is 0 Å². The molecule has 164 valence electrons. The number of nitrogens with one attached hydrogen (secondary N) is 1. The Morgan fingerprint density at radius 3 is 2.07 bits per heavy atom. The van der Waals surface area contributed by atoms with Crippen LogP contribution in [-0.2, 0) is 29.1 Å². The summed E-state index contributed by atoms with van der Waals surface area (Å²) >= 11 is 0. The Balaban J connectivity index is 2.25. The van der Waals surface area contributed by atoms with Crippen molar-refractivity contribution >= 4 is 21.8 Å². The lowest BCUT2D eigenvalue weighted by molar-refractivity contribution is -0.132. The van der Waals surface area contributed by atoms with E-state index in [0.29, 0.717) is 78.3 Å². The third-order valence-corrected chi connectivity index (χ3v) is 6.32. The molecule has 0 radical (unpaired) electrons. The van der Waals surface area contributed by atoms with Crippen molar-refractivity contribution in [3.05, 3.63) is 0 Å². The van der Waals surface area contributed by atoms with Crippen molar-refractivity contribution < 1.29 is 27.5 Å². The van der Waals surface area contributed by atoms with E-state index < -0.39 is 10.0 Å². The zero-order valence-corrected chi connectivity index (χ0v) is 18.0. The van der Waals surface area contributed by atoms with Crippen molar-refractivity contribution in [3.8, 4) is 0 Å². The minimum absolute atomic E-state index is 0.0380. The van der Waals surface area contributed by atoms with Crippen molar-refractivity contribution in [2.45, 2.75) is 39.5 Å². The fourth-order valence-corrected chi connectivity index (χ4v) is 4.20. The first-order chi connectivity index (χ1) is 13.4. The van der Waals surface area contributed by atoms with Crippen LogP contribution < -0.4 is 5.32 Å². The number of piperazine rings is 1. The maximum Gasteiger partial charge on any atom is 0.222 e. The fourth-order valence-electron chi connectivity index (χ4n) is 2.86. The van der Waals surface area contributed by atoms with E-state index in [1.54, 1.807) is 4.90 Å². The molecule has 1 N–H and O–H groups in total. The minimum atomic E-state index is -3.45. The van der Waals surface area contributed by atoms with E-state index in [-0.39, 0.29) is 24.1 Å². The highest BCUT2D eigenvalue weighted by atomic mass is 32.2. The zero-order valence-electron chi connectivity index (χ0n) is 17.2. The third kappa shape index (κ3) is 9.81. The summed E-state index contributed by atoms with van der Waals surface area (Å²) < 4.78 is 36.6. The largest absolute Gasteiger partial charge is 0.382 e. The summed E-state index contributed by atoms with van der Waals surface area (Å²) in [5.74, 6) is -0.264. The van der Waals surface area contributed by atoms with Crippen molar-refractivity contribution in [2.24, 2.45) is 0 Å². The molecule has 1 rings (SSSR count). The van der Waals surface area contributed by atoms with Gasteiger partial charge in [0.15, 0.2) is 0 Å². The second-order valence-electron chi connectivity index (χ2n) is 6.55. The standard InChI is InChI=1S/C18H35N3O6S/c1-3-26-14-5-7-17(22)19-9-16-28(24,25)21-12-10-20(11-13-21)18(23)8-6-15-27-4-2/h3-16H2,1-2H3,(H,19,22). The van der Waals surface area contributed by atoms with Gasteiger partial charge in [0, 0.05) is 72.0 Å². The number of hydrogen-bond acceptors (Lipinski definition) is 6. The predicted molar refractivity (Wildman–Crippen MR) is 106 cm³/mol. The smallest absolute Gasteiger partial charge is 0.222 e. The summed E-state index contributed by atoms with van der Waals surface area (Å²) in [7, 11) is -3.45. The van der Waals surface area contributed by atoms with Gasteiger partial charge >= 0.3 is 0 Å². The highest BCUT2D eigenvalue weighted by Gasteiger charge is 2.28. The molecule has 1 saturated heterocycles. The van der Waals surface area contributed by atoms with Gasteiger partial charge in [0.25, 0.3) is 0 Å². The first kappa shape index (κ1) is 24.8. The lowest BCUT2D eigenvalue weighted by Crippen LogP contribution is -2.51. The summed E-state index contributed by atoms with van der Waals surface area (Å²) in [6.07, 6.45) is 2.04. The third-order valence-electron chi connectivity index (χ3n) is 4.45. The van der Waals surface area contributed by atoms with Gasteiger partial charge in [-0.05, 0) is 26.7 Å². The van der Waals surface area contributed by atoms with Crippen LogP contribution in [0, 0.1) is 0 Å². The van der Waals surface area contributed by atoms with Gasteiger partial charge in [-0.25, -0.2) is 8.42 Å². The summed E-state index contributed by atoms with van der Waals surface area (Å²) in [5, 5.41) is 2.64. The summed E-state index contributed by atoms with van der Waals surface area (Å²) in [5.41, 5.74) is 0. The molecule has 0 spiro atoms. The van der Waals surface area contributed by atoms with Gasteiger partial charge in [0.2, 0.25) is 21.8 Å². The maximum absolute atomic E-state index is 12.4. The highest BCUT2D eigenvalue weighted by molar-refractivity contribution is 7.89. The molecule has 28 heavy (non-hydrogen) atoms. The predicted octanol–water partition coefficient (Wildman–Crippen LogP) is 0.210. The van der Waals surface area contributed by atoms with Gasteiger partial charge in [-0.1, -0.05) is 0 Å². The van der Waals surface area contributed by atoms with Crippen LogP contribution in [0.4, 0.5) is 0 Å². The van der Waals surface area contributed by atoms with E-state index in [1.165, 1.54) is 4.31 Å². The lowest BCUT2D eigenvalue weighted by Gasteiger charge is -2.34. The highest BCUT2D eigenvalue weighted by Crippen LogP contribution is 2.10. The van der Waals surface area contributed by atoms with Crippen molar-refractivity contribution in [1.82, 2.24) is 14.5 Å².